The van der Waals surface area contributed by atoms with Crippen molar-refractivity contribution >= 4 is 23.2 Å². The van der Waals surface area contributed by atoms with Gasteiger partial charge < -0.3 is 10.0 Å². The highest BCUT2D eigenvalue weighted by Crippen LogP contribution is 2.27. The number of carbonyl (C=O) groups excluding carboxylic acids is 1. The minimum absolute atomic E-state index is 0.0102. The molecule has 114 valence electrons. The first-order valence-electron chi connectivity index (χ1n) is 7.31. The van der Waals surface area contributed by atoms with Crippen LogP contribution in [-0.4, -0.2) is 35.0 Å². The molecule has 1 N–H and O–H groups in total. The van der Waals surface area contributed by atoms with E-state index in [9.17, 15) is 9.59 Å². The second kappa shape index (κ2) is 6.32. The summed E-state index contributed by atoms with van der Waals surface area (Å²) in [5.74, 6) is -1.06. The maximum Gasteiger partial charge on any atom is 0.306 e. The summed E-state index contributed by atoms with van der Waals surface area (Å²) in [6.07, 6.45) is 1.08. The highest BCUT2D eigenvalue weighted by molar-refractivity contribution is 7.12. The molecule has 0 saturated carbocycles. The number of carboxylic acids is 1. The van der Waals surface area contributed by atoms with Crippen LogP contribution in [0.1, 0.15) is 22.5 Å². The van der Waals surface area contributed by atoms with Crippen molar-refractivity contribution in [1.29, 1.82) is 0 Å². The molecule has 2 heterocycles. The summed E-state index contributed by atoms with van der Waals surface area (Å²) in [6.45, 7) is 1.04. The normalized spacial score (nSPS) is 15.7. The highest BCUT2D eigenvalue weighted by Gasteiger charge is 2.28. The zero-order valence-corrected chi connectivity index (χ0v) is 12.9. The lowest BCUT2D eigenvalue weighted by molar-refractivity contribution is -0.143. The van der Waals surface area contributed by atoms with E-state index in [1.54, 1.807) is 4.90 Å². The molecule has 1 aromatic heterocycles. The van der Waals surface area contributed by atoms with Gasteiger partial charge in [-0.3, -0.25) is 9.59 Å². The molecular weight excluding hydrogens is 298 g/mol. The Balaban J connectivity index is 1.69. The van der Waals surface area contributed by atoms with E-state index >= 15 is 0 Å². The molecule has 0 unspecified atom stereocenters. The minimum Gasteiger partial charge on any atom is -0.481 e. The van der Waals surface area contributed by atoms with E-state index in [1.165, 1.54) is 11.3 Å². The van der Waals surface area contributed by atoms with Crippen LogP contribution < -0.4 is 0 Å². The Morgan fingerprint density at radius 1 is 1.09 bits per heavy atom. The quantitative estimate of drug-likeness (QED) is 0.945. The van der Waals surface area contributed by atoms with Gasteiger partial charge >= 0.3 is 5.97 Å². The Morgan fingerprint density at radius 2 is 1.77 bits per heavy atom. The van der Waals surface area contributed by atoms with Gasteiger partial charge in [0.1, 0.15) is 0 Å². The lowest BCUT2D eigenvalue weighted by Crippen LogP contribution is -2.39. The van der Waals surface area contributed by atoms with Crippen molar-refractivity contribution < 1.29 is 14.7 Å². The van der Waals surface area contributed by atoms with Gasteiger partial charge in [0.25, 0.3) is 5.91 Å². The number of carbonyl (C=O) groups is 2. The third kappa shape index (κ3) is 3.04. The van der Waals surface area contributed by atoms with Gasteiger partial charge in [0.05, 0.1) is 10.8 Å². The lowest BCUT2D eigenvalue weighted by atomic mass is 9.97. The summed E-state index contributed by atoms with van der Waals surface area (Å²) >= 11 is 1.45. The molecule has 1 aromatic carbocycles. The van der Waals surface area contributed by atoms with Gasteiger partial charge in [0, 0.05) is 13.1 Å². The number of aliphatic carboxylic acids is 1. The zero-order chi connectivity index (χ0) is 15.5. The number of nitrogens with zero attached hydrogens (tertiary/aromatic N) is 1. The zero-order valence-electron chi connectivity index (χ0n) is 12.1. The molecule has 4 nitrogen and oxygen atoms in total. The van der Waals surface area contributed by atoms with Crippen molar-refractivity contribution in [2.45, 2.75) is 12.8 Å². The maximum absolute atomic E-state index is 12.5. The number of hydrogen-bond donors (Lipinski definition) is 1. The molecule has 0 aliphatic carbocycles. The van der Waals surface area contributed by atoms with Crippen LogP contribution in [0.3, 0.4) is 0 Å². The molecule has 5 heteroatoms. The van der Waals surface area contributed by atoms with E-state index in [2.05, 4.69) is 0 Å². The molecule has 0 radical (unpaired) electrons. The molecule has 1 fully saturated rings. The van der Waals surface area contributed by atoms with Gasteiger partial charge in [-0.25, -0.2) is 0 Å². The summed E-state index contributed by atoms with van der Waals surface area (Å²) in [5, 5.41) is 11.0. The van der Waals surface area contributed by atoms with Crippen LogP contribution >= 0.6 is 11.3 Å². The Hall–Kier alpha value is -2.14. The van der Waals surface area contributed by atoms with E-state index in [4.69, 9.17) is 5.11 Å². The van der Waals surface area contributed by atoms with Crippen molar-refractivity contribution in [1.82, 2.24) is 4.90 Å². The Morgan fingerprint density at radius 3 is 2.41 bits per heavy atom. The number of likely N-dealkylation sites (tertiary alicyclic amines) is 1. The number of hydrogen-bond acceptors (Lipinski definition) is 3. The van der Waals surface area contributed by atoms with Crippen molar-refractivity contribution in [3.63, 3.8) is 0 Å². The second-order valence-electron chi connectivity index (χ2n) is 5.47. The number of amides is 1. The maximum atomic E-state index is 12.5. The average Bonchev–Trinajstić information content (AvgIpc) is 3.05. The van der Waals surface area contributed by atoms with Crippen molar-refractivity contribution in [2.75, 3.05) is 13.1 Å². The molecule has 1 aliphatic rings. The number of carboxylic acid groups (broad SMARTS) is 1. The monoisotopic (exact) mass is 315 g/mol. The van der Waals surface area contributed by atoms with Gasteiger partial charge in [-0.2, -0.15) is 0 Å². The van der Waals surface area contributed by atoms with Crippen LogP contribution in [-0.2, 0) is 4.79 Å². The fraction of sp³-hybridized carbons (Fsp3) is 0.294. The van der Waals surface area contributed by atoms with Gasteiger partial charge in [0.15, 0.2) is 0 Å². The Labute approximate surface area is 133 Å². The molecule has 1 saturated heterocycles. The molecule has 0 spiro atoms. The third-order valence-electron chi connectivity index (χ3n) is 4.05. The van der Waals surface area contributed by atoms with E-state index in [-0.39, 0.29) is 11.8 Å². The summed E-state index contributed by atoms with van der Waals surface area (Å²) in [6, 6.07) is 11.9. The number of thiophene rings is 1. The largest absolute Gasteiger partial charge is 0.481 e. The number of benzene rings is 1. The SMILES string of the molecule is O=C(O)C1CCN(C(=O)c2cc(-c3ccccc3)cs2)CC1. The number of piperidine rings is 1. The summed E-state index contributed by atoms with van der Waals surface area (Å²) in [7, 11) is 0. The van der Waals surface area contributed by atoms with Crippen LogP contribution in [0, 0.1) is 5.92 Å². The molecule has 22 heavy (non-hydrogen) atoms. The first-order chi connectivity index (χ1) is 10.6. The van der Waals surface area contributed by atoms with E-state index in [0.717, 1.165) is 11.1 Å². The third-order valence-corrected chi connectivity index (χ3v) is 4.97. The standard InChI is InChI=1S/C17H17NO3S/c19-16(18-8-6-13(7-9-18)17(20)21)15-10-14(11-22-15)12-4-2-1-3-5-12/h1-5,10-11,13H,6-9H2,(H,20,21). The highest BCUT2D eigenvalue weighted by atomic mass is 32.1. The molecule has 0 bridgehead atoms. The molecule has 3 rings (SSSR count). The first kappa shape index (κ1) is 14.8. The van der Waals surface area contributed by atoms with E-state index in [1.807, 2.05) is 41.8 Å². The molecule has 0 atom stereocenters. The minimum atomic E-state index is -0.755. The summed E-state index contributed by atoms with van der Waals surface area (Å²) < 4.78 is 0. The topological polar surface area (TPSA) is 57.6 Å². The summed E-state index contributed by atoms with van der Waals surface area (Å²) in [5.41, 5.74) is 2.15. The van der Waals surface area contributed by atoms with Crippen molar-refractivity contribution in [2.24, 2.45) is 5.92 Å². The molecular formula is C17H17NO3S. The Kier molecular flexibility index (Phi) is 4.24. The van der Waals surface area contributed by atoms with Crippen molar-refractivity contribution in [3.8, 4) is 11.1 Å². The smallest absolute Gasteiger partial charge is 0.306 e. The summed E-state index contributed by atoms with van der Waals surface area (Å²) in [4.78, 5) is 25.9. The first-order valence-corrected chi connectivity index (χ1v) is 8.19. The van der Waals surface area contributed by atoms with Crippen LogP contribution in [0.4, 0.5) is 0 Å². The van der Waals surface area contributed by atoms with Crippen molar-refractivity contribution in [3.05, 3.63) is 46.7 Å². The average molecular weight is 315 g/mol. The molecule has 1 amide bonds. The molecule has 1 aliphatic heterocycles. The predicted molar refractivity (Wildman–Crippen MR) is 86.0 cm³/mol. The van der Waals surface area contributed by atoms with Gasteiger partial charge in [-0.15, -0.1) is 11.3 Å². The fourth-order valence-electron chi connectivity index (χ4n) is 2.72. The van der Waals surface area contributed by atoms with E-state index < -0.39 is 5.97 Å². The van der Waals surface area contributed by atoms with Gasteiger partial charge in [-0.1, -0.05) is 30.3 Å². The van der Waals surface area contributed by atoms with Crippen LogP contribution in [0.5, 0.6) is 0 Å². The van der Waals surface area contributed by atoms with Gasteiger partial charge in [0.2, 0.25) is 0 Å². The second-order valence-corrected chi connectivity index (χ2v) is 6.38. The van der Waals surface area contributed by atoms with Crippen LogP contribution in [0.15, 0.2) is 41.8 Å². The van der Waals surface area contributed by atoms with E-state index in [0.29, 0.717) is 30.8 Å². The Bertz CT molecular complexity index is 672. The van der Waals surface area contributed by atoms with Crippen LogP contribution in [0.2, 0.25) is 0 Å². The van der Waals surface area contributed by atoms with Crippen LogP contribution in [0.25, 0.3) is 11.1 Å². The predicted octanol–water partition coefficient (Wildman–Crippen LogP) is 3.35. The fourth-order valence-corrected chi connectivity index (χ4v) is 3.60. The van der Waals surface area contributed by atoms with Gasteiger partial charge in [-0.05, 0) is 35.4 Å². The lowest BCUT2D eigenvalue weighted by Gasteiger charge is -2.29. The number of rotatable bonds is 3. The molecule has 2 aromatic rings.